The van der Waals surface area contributed by atoms with Gasteiger partial charge in [0.2, 0.25) is 0 Å². The van der Waals surface area contributed by atoms with Crippen LogP contribution in [-0.2, 0) is 27.2 Å². The first-order valence-corrected chi connectivity index (χ1v) is 14.2. The van der Waals surface area contributed by atoms with Crippen molar-refractivity contribution in [3.05, 3.63) is 69.6 Å². The Morgan fingerprint density at radius 2 is 1.74 bits per heavy atom. The summed E-state index contributed by atoms with van der Waals surface area (Å²) in [5, 5.41) is 6.71. The van der Waals surface area contributed by atoms with E-state index in [9.17, 15) is 19.2 Å². The lowest BCUT2D eigenvalue weighted by molar-refractivity contribution is -0.136. The first-order chi connectivity index (χ1) is 20.3. The van der Waals surface area contributed by atoms with Crippen molar-refractivity contribution in [3.8, 4) is 17.2 Å². The molecule has 3 aromatic rings. The highest BCUT2D eigenvalue weighted by atomic mass is 32.1. The molecule has 1 aliphatic carbocycles. The van der Waals surface area contributed by atoms with Crippen LogP contribution in [0.1, 0.15) is 62.9 Å². The number of fused-ring (bicyclic) bond motifs is 1. The van der Waals surface area contributed by atoms with E-state index in [-0.39, 0.29) is 18.1 Å². The number of aryl methyl sites for hydroxylation is 1. The van der Waals surface area contributed by atoms with Crippen LogP contribution in [0.2, 0.25) is 0 Å². The molecule has 0 unspecified atom stereocenters. The summed E-state index contributed by atoms with van der Waals surface area (Å²) >= 11 is 1.30. The van der Waals surface area contributed by atoms with E-state index in [4.69, 9.17) is 18.9 Å². The molecule has 12 heteroatoms. The van der Waals surface area contributed by atoms with Gasteiger partial charge in [0.15, 0.2) is 11.5 Å². The first-order valence-electron chi connectivity index (χ1n) is 13.3. The van der Waals surface area contributed by atoms with Gasteiger partial charge in [-0.3, -0.25) is 9.59 Å². The van der Waals surface area contributed by atoms with Crippen LogP contribution in [-0.4, -0.2) is 50.8 Å². The normalized spacial score (nSPS) is 12.5. The Kier molecular flexibility index (Phi) is 10.3. The molecule has 0 radical (unpaired) electrons. The molecule has 1 aliphatic rings. The summed E-state index contributed by atoms with van der Waals surface area (Å²) in [5.41, 5.74) is 4.19. The number of methoxy groups -OCH3 is 2. The van der Waals surface area contributed by atoms with Gasteiger partial charge in [-0.15, -0.1) is 11.3 Å². The van der Waals surface area contributed by atoms with Crippen molar-refractivity contribution in [1.82, 2.24) is 5.43 Å². The van der Waals surface area contributed by atoms with E-state index in [0.717, 1.165) is 42.5 Å². The number of hydrogen-bond donors (Lipinski definition) is 2. The third kappa shape index (κ3) is 7.32. The zero-order chi connectivity index (χ0) is 30.1. The number of ether oxygens (including phenoxy) is 4. The van der Waals surface area contributed by atoms with Crippen molar-refractivity contribution in [3.63, 3.8) is 0 Å². The van der Waals surface area contributed by atoms with Crippen molar-refractivity contribution < 1.29 is 38.1 Å². The number of esters is 2. The van der Waals surface area contributed by atoms with Gasteiger partial charge in [-0.25, -0.2) is 15.0 Å². The molecule has 220 valence electrons. The number of rotatable bonds is 9. The monoisotopic (exact) mass is 593 g/mol. The SMILES string of the molecule is CCOC(=O)c1c(NC(=O)C(=O)N/N=C/c2ccc(OC(=O)c3cccc(OC)c3)c(OC)c2)sc2c1CCCCC2. The van der Waals surface area contributed by atoms with Crippen molar-refractivity contribution in [2.75, 3.05) is 26.1 Å². The zero-order valence-corrected chi connectivity index (χ0v) is 24.3. The molecule has 0 aliphatic heterocycles. The van der Waals surface area contributed by atoms with Crippen molar-refractivity contribution in [1.29, 1.82) is 0 Å². The van der Waals surface area contributed by atoms with Crippen LogP contribution in [0.4, 0.5) is 5.00 Å². The minimum Gasteiger partial charge on any atom is -0.497 e. The highest BCUT2D eigenvalue weighted by Gasteiger charge is 2.28. The minimum atomic E-state index is -1.01. The maximum atomic E-state index is 12.7. The number of carbonyl (C=O) groups excluding carboxylic acids is 4. The number of anilines is 1. The van der Waals surface area contributed by atoms with Crippen LogP contribution in [0.3, 0.4) is 0 Å². The maximum Gasteiger partial charge on any atom is 0.343 e. The predicted octanol–water partition coefficient (Wildman–Crippen LogP) is 4.52. The topological polar surface area (TPSA) is 142 Å². The van der Waals surface area contributed by atoms with Crippen LogP contribution in [0.15, 0.2) is 47.6 Å². The predicted molar refractivity (Wildman–Crippen MR) is 157 cm³/mol. The highest BCUT2D eigenvalue weighted by Crippen LogP contribution is 2.38. The molecule has 2 aromatic carbocycles. The van der Waals surface area contributed by atoms with Gasteiger partial charge >= 0.3 is 23.8 Å². The minimum absolute atomic E-state index is 0.178. The number of nitrogens with zero attached hydrogens (tertiary/aromatic N) is 1. The number of hydrazone groups is 1. The lowest BCUT2D eigenvalue weighted by Crippen LogP contribution is -2.32. The van der Waals surface area contributed by atoms with Crippen LogP contribution in [0, 0.1) is 0 Å². The molecule has 2 N–H and O–H groups in total. The maximum absolute atomic E-state index is 12.7. The first kappa shape index (κ1) is 30.3. The molecule has 11 nitrogen and oxygen atoms in total. The van der Waals surface area contributed by atoms with E-state index in [1.165, 1.54) is 37.8 Å². The standard InChI is InChI=1S/C30H31N3O8S/c1-4-40-30(37)25-21-11-6-5-7-12-24(21)42-28(25)32-26(34)27(35)33-31-17-18-13-14-22(23(15-18)39-3)41-29(36)19-9-8-10-20(16-19)38-2/h8-10,13-17H,4-7,11-12H2,1-3H3,(H,32,34)(H,33,35)/b31-17+. The second-order valence-electron chi connectivity index (χ2n) is 9.17. The van der Waals surface area contributed by atoms with E-state index in [2.05, 4.69) is 15.8 Å². The molecule has 0 saturated carbocycles. The van der Waals surface area contributed by atoms with Gasteiger partial charge < -0.3 is 24.3 Å². The molecule has 42 heavy (non-hydrogen) atoms. The molecule has 2 amide bonds. The van der Waals surface area contributed by atoms with Gasteiger partial charge in [0, 0.05) is 4.88 Å². The molecule has 0 fully saturated rings. The zero-order valence-electron chi connectivity index (χ0n) is 23.5. The molecule has 0 atom stereocenters. The lowest BCUT2D eigenvalue weighted by atomic mass is 10.1. The number of benzene rings is 2. The van der Waals surface area contributed by atoms with Gasteiger partial charge in [-0.2, -0.15) is 5.10 Å². The van der Waals surface area contributed by atoms with E-state index in [1.54, 1.807) is 43.3 Å². The number of thiophene rings is 1. The summed E-state index contributed by atoms with van der Waals surface area (Å²) in [5.74, 6) is -2.15. The third-order valence-electron chi connectivity index (χ3n) is 6.41. The molecular formula is C30H31N3O8S. The second kappa shape index (κ2) is 14.3. The molecule has 0 bridgehead atoms. The van der Waals surface area contributed by atoms with Crippen LogP contribution in [0.25, 0.3) is 0 Å². The number of amides is 2. The van der Waals surface area contributed by atoms with E-state index in [0.29, 0.717) is 27.4 Å². The Morgan fingerprint density at radius 1 is 0.929 bits per heavy atom. The summed E-state index contributed by atoms with van der Waals surface area (Å²) in [6.07, 6.45) is 5.83. The van der Waals surface area contributed by atoms with Gasteiger partial charge in [0.05, 0.1) is 38.2 Å². The molecular weight excluding hydrogens is 562 g/mol. The number of hydrogen-bond acceptors (Lipinski definition) is 10. The summed E-state index contributed by atoms with van der Waals surface area (Å²) in [4.78, 5) is 51.4. The highest BCUT2D eigenvalue weighted by molar-refractivity contribution is 7.17. The molecule has 1 heterocycles. The largest absolute Gasteiger partial charge is 0.497 e. The summed E-state index contributed by atoms with van der Waals surface area (Å²) in [6, 6.07) is 11.2. The third-order valence-corrected chi connectivity index (χ3v) is 7.62. The molecule has 0 saturated heterocycles. The van der Waals surface area contributed by atoms with E-state index < -0.39 is 23.8 Å². The van der Waals surface area contributed by atoms with Gasteiger partial charge in [-0.05, 0) is 80.1 Å². The van der Waals surface area contributed by atoms with Crippen LogP contribution >= 0.6 is 11.3 Å². The summed E-state index contributed by atoms with van der Waals surface area (Å²) in [6.45, 7) is 1.91. The fraction of sp³-hybridized carbons (Fsp3) is 0.300. The van der Waals surface area contributed by atoms with Gasteiger partial charge in [0.25, 0.3) is 0 Å². The average molecular weight is 594 g/mol. The summed E-state index contributed by atoms with van der Waals surface area (Å²) in [7, 11) is 2.92. The van der Waals surface area contributed by atoms with Gasteiger partial charge in [0.1, 0.15) is 10.8 Å². The fourth-order valence-electron chi connectivity index (χ4n) is 4.38. The van der Waals surface area contributed by atoms with Crippen molar-refractivity contribution >= 4 is 46.3 Å². The number of nitrogens with one attached hydrogen (secondary N) is 2. The lowest BCUT2D eigenvalue weighted by Gasteiger charge is -2.10. The van der Waals surface area contributed by atoms with Crippen LogP contribution in [0.5, 0.6) is 17.2 Å². The van der Waals surface area contributed by atoms with Gasteiger partial charge in [-0.1, -0.05) is 12.5 Å². The summed E-state index contributed by atoms with van der Waals surface area (Å²) < 4.78 is 21.2. The molecule has 0 spiro atoms. The Hall–Kier alpha value is -4.71. The quantitative estimate of drug-likeness (QED) is 0.0921. The Balaban J connectivity index is 1.40. The average Bonchev–Trinajstić information content (AvgIpc) is 3.17. The fourth-order valence-corrected chi connectivity index (χ4v) is 5.66. The Labute approximate surface area is 246 Å². The molecule has 4 rings (SSSR count). The second-order valence-corrected chi connectivity index (χ2v) is 10.3. The van der Waals surface area contributed by atoms with Crippen molar-refractivity contribution in [2.24, 2.45) is 5.10 Å². The number of carbonyl (C=O) groups is 4. The van der Waals surface area contributed by atoms with E-state index in [1.807, 2.05) is 0 Å². The van der Waals surface area contributed by atoms with Crippen LogP contribution < -0.4 is 25.0 Å². The Morgan fingerprint density at radius 3 is 2.50 bits per heavy atom. The Bertz CT molecular complexity index is 1510. The molecule has 1 aromatic heterocycles. The smallest absolute Gasteiger partial charge is 0.343 e. The van der Waals surface area contributed by atoms with Crippen molar-refractivity contribution in [2.45, 2.75) is 39.0 Å². The van der Waals surface area contributed by atoms with E-state index >= 15 is 0 Å².